The van der Waals surface area contributed by atoms with Gasteiger partial charge in [0.1, 0.15) is 0 Å². The summed E-state index contributed by atoms with van der Waals surface area (Å²) in [6.07, 6.45) is 0.955. The number of benzene rings is 1. The molecule has 1 N–H and O–H groups in total. The van der Waals surface area contributed by atoms with Gasteiger partial charge in [-0.3, -0.25) is 4.68 Å². The van der Waals surface area contributed by atoms with Crippen LogP contribution in [0.1, 0.15) is 48.0 Å². The van der Waals surface area contributed by atoms with Crippen LogP contribution in [0.3, 0.4) is 0 Å². The highest BCUT2D eigenvalue weighted by molar-refractivity contribution is 9.10. The minimum atomic E-state index is -0.508. The number of aromatic nitrogens is 2. The van der Waals surface area contributed by atoms with Gasteiger partial charge in [-0.15, -0.1) is 0 Å². The zero-order chi connectivity index (χ0) is 15.6. The number of halogens is 1. The second kappa shape index (κ2) is 6.75. The first-order chi connectivity index (χ1) is 9.96. The van der Waals surface area contributed by atoms with Crippen molar-refractivity contribution in [1.29, 1.82) is 0 Å². The van der Waals surface area contributed by atoms with Gasteiger partial charge in [0.15, 0.2) is 0 Å². The average molecular weight is 351 g/mol. The third-order valence-electron chi connectivity index (χ3n) is 3.71. The second-order valence-corrected chi connectivity index (χ2v) is 6.31. The van der Waals surface area contributed by atoms with E-state index in [1.165, 1.54) is 11.1 Å². The summed E-state index contributed by atoms with van der Waals surface area (Å²) in [5, 5.41) is 15.2. The fourth-order valence-corrected chi connectivity index (χ4v) is 3.44. The maximum atomic E-state index is 10.6. The molecule has 0 aliphatic heterocycles. The molecule has 4 heteroatoms. The summed E-state index contributed by atoms with van der Waals surface area (Å²) in [7, 11) is 0. The maximum absolute atomic E-state index is 10.6. The number of hydrogen-bond acceptors (Lipinski definition) is 2. The van der Waals surface area contributed by atoms with Crippen LogP contribution < -0.4 is 0 Å². The Kier molecular flexibility index (Phi) is 5.22. The lowest BCUT2D eigenvalue weighted by Crippen LogP contribution is -2.09. The first-order valence-electron chi connectivity index (χ1n) is 7.46. The van der Waals surface area contributed by atoms with E-state index in [0.717, 1.165) is 34.4 Å². The summed E-state index contributed by atoms with van der Waals surface area (Å²) in [5.74, 6) is 0. The van der Waals surface area contributed by atoms with Crippen molar-refractivity contribution < 1.29 is 5.11 Å². The van der Waals surface area contributed by atoms with Gasteiger partial charge in [0.05, 0.1) is 22.0 Å². The second-order valence-electron chi connectivity index (χ2n) is 5.52. The molecule has 0 radical (unpaired) electrons. The zero-order valence-corrected chi connectivity index (χ0v) is 14.7. The SMILES string of the molecule is CCc1nn(CC)c(CC(O)c2cc(C)cc(C)c2)c1Br. The Morgan fingerprint density at radius 3 is 2.33 bits per heavy atom. The summed E-state index contributed by atoms with van der Waals surface area (Å²) in [5.41, 5.74) is 5.46. The number of nitrogens with zero attached hydrogens (tertiary/aromatic N) is 2. The molecule has 2 rings (SSSR count). The lowest BCUT2D eigenvalue weighted by molar-refractivity contribution is 0.175. The quantitative estimate of drug-likeness (QED) is 0.880. The standard InChI is InChI=1S/C17H23BrN2O/c1-5-14-17(18)15(20(6-2)19-14)10-16(21)13-8-11(3)7-12(4)9-13/h7-9,16,21H,5-6,10H2,1-4H3. The van der Waals surface area contributed by atoms with Crippen molar-refractivity contribution in [1.82, 2.24) is 9.78 Å². The third kappa shape index (κ3) is 3.55. The molecule has 0 fully saturated rings. The molecule has 3 nitrogen and oxygen atoms in total. The van der Waals surface area contributed by atoms with E-state index in [4.69, 9.17) is 0 Å². The molecule has 1 atom stereocenters. The van der Waals surface area contributed by atoms with Crippen molar-refractivity contribution in [2.75, 3.05) is 0 Å². The Hall–Kier alpha value is -1.13. The van der Waals surface area contributed by atoms with Crippen LogP contribution in [-0.2, 0) is 19.4 Å². The fraction of sp³-hybridized carbons (Fsp3) is 0.471. The molecule has 1 aromatic heterocycles. The van der Waals surface area contributed by atoms with Crippen molar-refractivity contribution in [3.63, 3.8) is 0 Å². The van der Waals surface area contributed by atoms with E-state index in [1.54, 1.807) is 0 Å². The van der Waals surface area contributed by atoms with Gasteiger partial charge in [0.25, 0.3) is 0 Å². The monoisotopic (exact) mass is 350 g/mol. The Balaban J connectivity index is 2.30. The summed E-state index contributed by atoms with van der Waals surface area (Å²) < 4.78 is 3.02. The van der Waals surface area contributed by atoms with Crippen LogP contribution in [-0.4, -0.2) is 14.9 Å². The Bertz CT molecular complexity index is 614. The smallest absolute Gasteiger partial charge is 0.0845 e. The van der Waals surface area contributed by atoms with Gasteiger partial charge in [-0.05, 0) is 48.7 Å². The lowest BCUT2D eigenvalue weighted by Gasteiger charge is -2.14. The average Bonchev–Trinajstić information content (AvgIpc) is 2.74. The van der Waals surface area contributed by atoms with E-state index in [1.807, 2.05) is 4.68 Å². The molecule has 114 valence electrons. The predicted molar refractivity (Wildman–Crippen MR) is 89.6 cm³/mol. The van der Waals surface area contributed by atoms with E-state index in [-0.39, 0.29) is 0 Å². The molecule has 2 aromatic rings. The molecule has 1 unspecified atom stereocenters. The topological polar surface area (TPSA) is 38.0 Å². The normalized spacial score (nSPS) is 12.7. The van der Waals surface area contributed by atoms with Crippen molar-refractivity contribution >= 4 is 15.9 Å². The highest BCUT2D eigenvalue weighted by atomic mass is 79.9. The molecule has 1 aromatic carbocycles. The van der Waals surface area contributed by atoms with Crippen LogP contribution in [0.2, 0.25) is 0 Å². The van der Waals surface area contributed by atoms with Crippen LogP contribution in [0.15, 0.2) is 22.7 Å². The van der Waals surface area contributed by atoms with Gasteiger partial charge in [-0.2, -0.15) is 5.10 Å². The summed E-state index contributed by atoms with van der Waals surface area (Å²) in [6.45, 7) is 9.10. The van der Waals surface area contributed by atoms with E-state index in [2.05, 4.69) is 66.9 Å². The Labute approximate surface area is 135 Å². The van der Waals surface area contributed by atoms with Gasteiger partial charge < -0.3 is 5.11 Å². The maximum Gasteiger partial charge on any atom is 0.0845 e. The van der Waals surface area contributed by atoms with Crippen molar-refractivity contribution in [2.24, 2.45) is 0 Å². The number of aliphatic hydroxyl groups is 1. The fourth-order valence-electron chi connectivity index (χ4n) is 2.72. The number of aryl methyl sites for hydroxylation is 4. The minimum Gasteiger partial charge on any atom is -0.388 e. The first-order valence-corrected chi connectivity index (χ1v) is 8.25. The van der Waals surface area contributed by atoms with Gasteiger partial charge in [0, 0.05) is 13.0 Å². The molecule has 0 aliphatic carbocycles. The van der Waals surface area contributed by atoms with Crippen molar-refractivity contribution in [3.8, 4) is 0 Å². The first kappa shape index (κ1) is 16.2. The largest absolute Gasteiger partial charge is 0.388 e. The highest BCUT2D eigenvalue weighted by Crippen LogP contribution is 2.28. The molecular weight excluding hydrogens is 328 g/mol. The molecular formula is C17H23BrN2O. The van der Waals surface area contributed by atoms with Crippen molar-refractivity contribution in [2.45, 2.75) is 53.2 Å². The van der Waals surface area contributed by atoms with Gasteiger partial charge in [-0.25, -0.2) is 0 Å². The van der Waals surface area contributed by atoms with Gasteiger partial charge >= 0.3 is 0 Å². The lowest BCUT2D eigenvalue weighted by atomic mass is 10.00. The van der Waals surface area contributed by atoms with E-state index >= 15 is 0 Å². The zero-order valence-electron chi connectivity index (χ0n) is 13.2. The molecule has 0 spiro atoms. The van der Waals surface area contributed by atoms with Crippen LogP contribution in [0.4, 0.5) is 0 Å². The number of hydrogen-bond donors (Lipinski definition) is 1. The third-order valence-corrected chi connectivity index (χ3v) is 4.63. The molecule has 1 heterocycles. The molecule has 0 saturated heterocycles. The number of rotatable bonds is 5. The van der Waals surface area contributed by atoms with Gasteiger partial charge in [-0.1, -0.05) is 36.2 Å². The Morgan fingerprint density at radius 1 is 1.19 bits per heavy atom. The molecule has 0 aliphatic rings. The summed E-state index contributed by atoms with van der Waals surface area (Å²) in [4.78, 5) is 0. The van der Waals surface area contributed by atoms with Crippen molar-refractivity contribution in [3.05, 3.63) is 50.8 Å². The van der Waals surface area contributed by atoms with Gasteiger partial charge in [0.2, 0.25) is 0 Å². The van der Waals surface area contributed by atoms with E-state index in [9.17, 15) is 5.11 Å². The number of aliphatic hydroxyl groups excluding tert-OH is 1. The molecule has 0 amide bonds. The van der Waals surface area contributed by atoms with Crippen LogP contribution in [0.25, 0.3) is 0 Å². The van der Waals surface area contributed by atoms with E-state index in [0.29, 0.717) is 6.42 Å². The molecule has 0 bridgehead atoms. The van der Waals surface area contributed by atoms with Crippen LogP contribution >= 0.6 is 15.9 Å². The highest BCUT2D eigenvalue weighted by Gasteiger charge is 2.18. The van der Waals surface area contributed by atoms with Crippen LogP contribution in [0, 0.1) is 13.8 Å². The predicted octanol–water partition coefficient (Wildman–Crippen LogP) is 4.12. The molecule has 21 heavy (non-hydrogen) atoms. The molecule has 0 saturated carbocycles. The summed E-state index contributed by atoms with van der Waals surface area (Å²) >= 11 is 3.64. The minimum absolute atomic E-state index is 0.508. The van der Waals surface area contributed by atoms with Crippen LogP contribution in [0.5, 0.6) is 0 Å². The summed E-state index contributed by atoms with van der Waals surface area (Å²) in [6, 6.07) is 6.23. The van der Waals surface area contributed by atoms with E-state index < -0.39 is 6.10 Å². The Morgan fingerprint density at radius 2 is 1.81 bits per heavy atom.